The lowest BCUT2D eigenvalue weighted by Crippen LogP contribution is -2.35. The fraction of sp³-hybridized carbons (Fsp3) is 0.294. The number of phenolic OH excluding ortho intramolecular Hbond substituents is 1. The zero-order valence-electron chi connectivity index (χ0n) is 12.6. The second-order valence-electron chi connectivity index (χ2n) is 5.69. The predicted octanol–water partition coefficient (Wildman–Crippen LogP) is 4.00. The van der Waals surface area contributed by atoms with Gasteiger partial charge in [0.05, 0.1) is 4.90 Å². The zero-order valence-corrected chi connectivity index (χ0v) is 15.0. The first-order valence-corrected chi connectivity index (χ1v) is 9.80. The van der Waals surface area contributed by atoms with Crippen molar-refractivity contribution in [2.75, 3.05) is 13.1 Å². The predicted molar refractivity (Wildman–Crippen MR) is 93.9 cm³/mol. The summed E-state index contributed by atoms with van der Waals surface area (Å²) in [5, 5.41) is 9.68. The van der Waals surface area contributed by atoms with E-state index in [1.54, 1.807) is 40.7 Å². The average Bonchev–Trinajstić information content (AvgIpc) is 2.55. The maximum atomic E-state index is 12.6. The Hall–Kier alpha value is -1.37. The van der Waals surface area contributed by atoms with Crippen LogP contribution in [0.4, 0.5) is 0 Å². The summed E-state index contributed by atoms with van der Waals surface area (Å²) in [6.45, 7) is 1.20. The van der Waals surface area contributed by atoms with E-state index in [0.29, 0.717) is 18.0 Å². The first kappa shape index (κ1) is 16.5. The molecule has 0 spiro atoms. The Morgan fingerprint density at radius 2 is 1.57 bits per heavy atom. The smallest absolute Gasteiger partial charge is 0.243 e. The molecular weight excluding hydrogens is 378 g/mol. The van der Waals surface area contributed by atoms with Crippen molar-refractivity contribution in [2.45, 2.75) is 24.2 Å². The third kappa shape index (κ3) is 3.59. The van der Waals surface area contributed by atoms with Gasteiger partial charge in [-0.15, -0.1) is 0 Å². The molecule has 122 valence electrons. The molecule has 23 heavy (non-hydrogen) atoms. The van der Waals surface area contributed by atoms with Gasteiger partial charge in [-0.25, -0.2) is 8.42 Å². The van der Waals surface area contributed by atoms with Crippen LogP contribution in [0.15, 0.2) is 51.8 Å². The van der Waals surface area contributed by atoms with Crippen LogP contribution in [0.25, 0.3) is 11.1 Å². The number of nitrogens with zero attached hydrogens (tertiary/aromatic N) is 1. The van der Waals surface area contributed by atoms with Gasteiger partial charge in [-0.2, -0.15) is 4.31 Å². The van der Waals surface area contributed by atoms with E-state index < -0.39 is 10.0 Å². The second kappa shape index (κ2) is 6.63. The highest BCUT2D eigenvalue weighted by Crippen LogP contribution is 2.29. The van der Waals surface area contributed by atoms with Crippen molar-refractivity contribution in [3.8, 4) is 16.9 Å². The van der Waals surface area contributed by atoms with Gasteiger partial charge in [0.1, 0.15) is 5.75 Å². The lowest BCUT2D eigenvalue weighted by atomic mass is 10.1. The fourth-order valence-corrected chi connectivity index (χ4v) is 4.81. The first-order chi connectivity index (χ1) is 11.0. The minimum Gasteiger partial charge on any atom is -0.508 e. The molecule has 1 saturated heterocycles. The van der Waals surface area contributed by atoms with Crippen molar-refractivity contribution in [1.82, 2.24) is 4.31 Å². The van der Waals surface area contributed by atoms with Crippen LogP contribution in [0, 0.1) is 0 Å². The third-order valence-electron chi connectivity index (χ3n) is 4.02. The Kier molecular flexibility index (Phi) is 4.75. The summed E-state index contributed by atoms with van der Waals surface area (Å²) in [4.78, 5) is 0.322. The van der Waals surface area contributed by atoms with Gasteiger partial charge in [-0.1, -0.05) is 34.5 Å². The van der Waals surface area contributed by atoms with Crippen LogP contribution in [0.5, 0.6) is 5.75 Å². The first-order valence-electron chi connectivity index (χ1n) is 7.57. The molecule has 1 N–H and O–H groups in total. The van der Waals surface area contributed by atoms with Crippen molar-refractivity contribution < 1.29 is 13.5 Å². The number of hydrogen-bond donors (Lipinski definition) is 1. The van der Waals surface area contributed by atoms with Gasteiger partial charge in [0.15, 0.2) is 0 Å². The van der Waals surface area contributed by atoms with Gasteiger partial charge in [0.2, 0.25) is 10.0 Å². The van der Waals surface area contributed by atoms with Crippen molar-refractivity contribution >= 4 is 26.0 Å². The monoisotopic (exact) mass is 395 g/mol. The van der Waals surface area contributed by atoms with E-state index in [9.17, 15) is 13.5 Å². The molecule has 0 unspecified atom stereocenters. The van der Waals surface area contributed by atoms with E-state index in [0.717, 1.165) is 34.9 Å². The third-order valence-corrected chi connectivity index (χ3v) is 6.39. The molecule has 1 aliphatic heterocycles. The number of piperidine rings is 1. The highest BCUT2D eigenvalue weighted by atomic mass is 79.9. The van der Waals surface area contributed by atoms with Gasteiger partial charge in [-0.05, 0) is 54.3 Å². The van der Waals surface area contributed by atoms with Crippen LogP contribution in [0.1, 0.15) is 19.3 Å². The number of phenols is 1. The normalized spacial score (nSPS) is 16.4. The highest BCUT2D eigenvalue weighted by Gasteiger charge is 2.25. The molecule has 1 aliphatic rings. The van der Waals surface area contributed by atoms with Gasteiger partial charge >= 0.3 is 0 Å². The van der Waals surface area contributed by atoms with Crippen LogP contribution in [0.2, 0.25) is 0 Å². The summed E-state index contributed by atoms with van der Waals surface area (Å²) in [5.41, 5.74) is 1.69. The summed E-state index contributed by atoms with van der Waals surface area (Å²) in [6, 6.07) is 12.0. The van der Waals surface area contributed by atoms with Crippen LogP contribution >= 0.6 is 15.9 Å². The van der Waals surface area contributed by atoms with Gasteiger partial charge in [-0.3, -0.25) is 0 Å². The minimum absolute atomic E-state index is 0.166. The van der Waals surface area contributed by atoms with E-state index in [2.05, 4.69) is 15.9 Å². The largest absolute Gasteiger partial charge is 0.508 e. The topological polar surface area (TPSA) is 57.6 Å². The molecule has 4 nitrogen and oxygen atoms in total. The maximum Gasteiger partial charge on any atom is 0.243 e. The lowest BCUT2D eigenvalue weighted by molar-refractivity contribution is 0.346. The summed E-state index contributed by atoms with van der Waals surface area (Å²) in [7, 11) is -3.40. The quantitative estimate of drug-likeness (QED) is 0.854. The Labute approximate surface area is 144 Å². The number of aromatic hydroxyl groups is 1. The molecule has 0 radical (unpaired) electrons. The molecule has 2 aromatic carbocycles. The van der Waals surface area contributed by atoms with Crippen molar-refractivity contribution in [3.63, 3.8) is 0 Å². The lowest BCUT2D eigenvalue weighted by Gasteiger charge is -2.25. The SMILES string of the molecule is O=S(=O)(c1ccc(-c2cc(O)cc(Br)c2)cc1)N1CCCCC1. The van der Waals surface area contributed by atoms with Gasteiger partial charge in [0, 0.05) is 17.6 Å². The number of rotatable bonds is 3. The summed E-state index contributed by atoms with van der Waals surface area (Å²) in [6.07, 6.45) is 2.95. The molecule has 0 bridgehead atoms. The maximum absolute atomic E-state index is 12.6. The molecular formula is C17H18BrNO3S. The average molecular weight is 396 g/mol. The van der Waals surface area contributed by atoms with E-state index in [-0.39, 0.29) is 5.75 Å². The number of halogens is 1. The van der Waals surface area contributed by atoms with Crippen LogP contribution in [0.3, 0.4) is 0 Å². The Morgan fingerprint density at radius 3 is 2.17 bits per heavy atom. The van der Waals surface area contributed by atoms with Crippen molar-refractivity contribution in [2.24, 2.45) is 0 Å². The molecule has 3 rings (SSSR count). The van der Waals surface area contributed by atoms with E-state index in [4.69, 9.17) is 0 Å². The van der Waals surface area contributed by atoms with Crippen LogP contribution in [-0.4, -0.2) is 30.9 Å². The Balaban J connectivity index is 1.89. The number of sulfonamides is 1. The Morgan fingerprint density at radius 1 is 0.913 bits per heavy atom. The molecule has 0 atom stereocenters. The molecule has 0 aliphatic carbocycles. The molecule has 1 heterocycles. The zero-order chi connectivity index (χ0) is 16.4. The van der Waals surface area contributed by atoms with E-state index in [1.165, 1.54) is 0 Å². The molecule has 2 aromatic rings. The molecule has 0 saturated carbocycles. The molecule has 0 amide bonds. The second-order valence-corrected chi connectivity index (χ2v) is 8.54. The number of hydrogen-bond acceptors (Lipinski definition) is 3. The van der Waals surface area contributed by atoms with Gasteiger partial charge in [0.25, 0.3) is 0 Å². The van der Waals surface area contributed by atoms with Crippen LogP contribution < -0.4 is 0 Å². The fourth-order valence-electron chi connectivity index (χ4n) is 2.81. The Bertz CT molecular complexity index is 777. The molecule has 1 fully saturated rings. The van der Waals surface area contributed by atoms with Crippen molar-refractivity contribution in [1.29, 1.82) is 0 Å². The van der Waals surface area contributed by atoms with Crippen LogP contribution in [-0.2, 0) is 10.0 Å². The number of benzene rings is 2. The molecule has 0 aromatic heterocycles. The minimum atomic E-state index is -3.40. The van der Waals surface area contributed by atoms with E-state index in [1.807, 2.05) is 6.07 Å². The van der Waals surface area contributed by atoms with Gasteiger partial charge < -0.3 is 5.11 Å². The summed E-state index contributed by atoms with van der Waals surface area (Å²) >= 11 is 3.35. The summed E-state index contributed by atoms with van der Waals surface area (Å²) < 4.78 is 27.6. The molecule has 6 heteroatoms. The highest BCUT2D eigenvalue weighted by molar-refractivity contribution is 9.10. The summed E-state index contributed by atoms with van der Waals surface area (Å²) in [5.74, 6) is 0.166. The van der Waals surface area contributed by atoms with E-state index >= 15 is 0 Å². The standard InChI is InChI=1S/C17H18BrNO3S/c18-15-10-14(11-16(20)12-15)13-4-6-17(7-5-13)23(21,22)19-8-2-1-3-9-19/h4-7,10-12,20H,1-3,8-9H2. The van der Waals surface area contributed by atoms with Crippen molar-refractivity contribution in [3.05, 3.63) is 46.9 Å².